The maximum atomic E-state index is 10.6. The van der Waals surface area contributed by atoms with Gasteiger partial charge in [-0.3, -0.25) is 4.79 Å². The Kier molecular flexibility index (Phi) is 5.68. The predicted octanol–water partition coefficient (Wildman–Crippen LogP) is 3.53. The molecule has 19 heavy (non-hydrogen) atoms. The lowest BCUT2D eigenvalue weighted by atomic mass is 9.83. The minimum Gasteiger partial charge on any atom is -0.481 e. The third kappa shape index (κ3) is 4.48. The first kappa shape index (κ1) is 14.8. The molecule has 1 aliphatic carbocycles. The number of likely N-dealkylation sites (tertiary alicyclic amines) is 1. The lowest BCUT2D eigenvalue weighted by molar-refractivity contribution is -0.137. The molecule has 110 valence electrons. The molecular formula is C16H29NO2. The monoisotopic (exact) mass is 267 g/mol. The number of carboxylic acid groups (broad SMARTS) is 1. The highest BCUT2D eigenvalue weighted by Gasteiger charge is 2.30. The molecular weight excluding hydrogens is 238 g/mol. The minimum atomic E-state index is -0.640. The Hall–Kier alpha value is -0.570. The summed E-state index contributed by atoms with van der Waals surface area (Å²) in [4.78, 5) is 13.3. The molecule has 2 rings (SSSR count). The molecule has 1 unspecified atom stereocenters. The van der Waals surface area contributed by atoms with Gasteiger partial charge in [-0.2, -0.15) is 0 Å². The molecule has 1 N–H and O–H groups in total. The van der Waals surface area contributed by atoms with E-state index >= 15 is 0 Å². The largest absolute Gasteiger partial charge is 0.481 e. The van der Waals surface area contributed by atoms with E-state index in [2.05, 4.69) is 11.8 Å². The molecule has 0 aromatic heterocycles. The number of carboxylic acids is 1. The predicted molar refractivity (Wildman–Crippen MR) is 77.2 cm³/mol. The molecule has 1 saturated heterocycles. The van der Waals surface area contributed by atoms with E-state index in [9.17, 15) is 4.79 Å². The molecule has 1 atom stereocenters. The van der Waals surface area contributed by atoms with E-state index in [0.29, 0.717) is 12.3 Å². The maximum absolute atomic E-state index is 10.6. The lowest BCUT2D eigenvalue weighted by Gasteiger charge is -2.34. The van der Waals surface area contributed by atoms with Gasteiger partial charge in [-0.15, -0.1) is 0 Å². The van der Waals surface area contributed by atoms with Crippen LogP contribution in [0.4, 0.5) is 0 Å². The van der Waals surface area contributed by atoms with Crippen LogP contribution in [0.25, 0.3) is 0 Å². The molecule has 0 radical (unpaired) electrons. The Balaban J connectivity index is 1.68. The zero-order chi connectivity index (χ0) is 13.7. The summed E-state index contributed by atoms with van der Waals surface area (Å²) in [6.45, 7) is 4.64. The fourth-order valence-electron chi connectivity index (χ4n) is 3.96. The van der Waals surface area contributed by atoms with Crippen molar-refractivity contribution in [2.24, 2.45) is 11.8 Å². The van der Waals surface area contributed by atoms with Crippen LogP contribution in [0.5, 0.6) is 0 Å². The molecule has 0 amide bonds. The van der Waals surface area contributed by atoms with Crippen molar-refractivity contribution in [2.45, 2.75) is 70.8 Å². The molecule has 2 fully saturated rings. The van der Waals surface area contributed by atoms with Gasteiger partial charge in [0.05, 0.1) is 0 Å². The molecule has 1 saturated carbocycles. The fourth-order valence-corrected chi connectivity index (χ4v) is 3.96. The third-order valence-corrected chi connectivity index (χ3v) is 5.11. The van der Waals surface area contributed by atoms with Crippen LogP contribution in [0.3, 0.4) is 0 Å². The summed E-state index contributed by atoms with van der Waals surface area (Å²) in [5.41, 5.74) is 0. The number of rotatable bonds is 6. The van der Waals surface area contributed by atoms with E-state index in [4.69, 9.17) is 5.11 Å². The van der Waals surface area contributed by atoms with Crippen molar-refractivity contribution < 1.29 is 9.90 Å². The average molecular weight is 267 g/mol. The van der Waals surface area contributed by atoms with E-state index in [0.717, 1.165) is 24.9 Å². The summed E-state index contributed by atoms with van der Waals surface area (Å²) in [5.74, 6) is 0.967. The topological polar surface area (TPSA) is 40.5 Å². The molecule has 1 aliphatic heterocycles. The van der Waals surface area contributed by atoms with Crippen molar-refractivity contribution in [1.82, 2.24) is 4.90 Å². The number of hydrogen-bond acceptors (Lipinski definition) is 2. The van der Waals surface area contributed by atoms with Crippen LogP contribution in [0.1, 0.15) is 64.7 Å². The number of hydrogen-bond donors (Lipinski definition) is 1. The smallest absolute Gasteiger partial charge is 0.303 e. The number of carbonyl (C=O) groups is 1. The first-order valence-corrected chi connectivity index (χ1v) is 8.15. The first-order chi connectivity index (χ1) is 9.19. The van der Waals surface area contributed by atoms with E-state index in [1.165, 1.54) is 51.5 Å². The van der Waals surface area contributed by atoms with Crippen LogP contribution < -0.4 is 0 Å². The Labute approximate surface area is 117 Å². The second-order valence-electron chi connectivity index (χ2n) is 6.55. The Morgan fingerprint density at radius 1 is 1.11 bits per heavy atom. The zero-order valence-corrected chi connectivity index (χ0v) is 12.3. The highest BCUT2D eigenvalue weighted by Crippen LogP contribution is 2.33. The van der Waals surface area contributed by atoms with Gasteiger partial charge in [-0.1, -0.05) is 19.8 Å². The summed E-state index contributed by atoms with van der Waals surface area (Å²) in [7, 11) is 0. The molecule has 0 bridgehead atoms. The van der Waals surface area contributed by atoms with Crippen LogP contribution in [-0.4, -0.2) is 35.1 Å². The maximum Gasteiger partial charge on any atom is 0.303 e. The number of aliphatic carboxylic acids is 1. The molecule has 3 heteroatoms. The van der Waals surface area contributed by atoms with Gasteiger partial charge in [0.25, 0.3) is 0 Å². The van der Waals surface area contributed by atoms with E-state index < -0.39 is 5.97 Å². The summed E-state index contributed by atoms with van der Waals surface area (Å²) < 4.78 is 0. The molecule has 0 aromatic carbocycles. The molecule has 1 heterocycles. The van der Waals surface area contributed by atoms with Gasteiger partial charge < -0.3 is 10.0 Å². The van der Waals surface area contributed by atoms with Crippen molar-refractivity contribution in [3.05, 3.63) is 0 Å². The van der Waals surface area contributed by atoms with Crippen LogP contribution in [0, 0.1) is 11.8 Å². The standard InChI is InChI=1S/C16H29NO2/c1-2-3-13-4-7-15(8-5-13)17-11-10-14(12-17)6-9-16(18)19/h13-15H,2-12H2,1H3,(H,18,19). The van der Waals surface area contributed by atoms with Crippen molar-refractivity contribution in [2.75, 3.05) is 13.1 Å². The Morgan fingerprint density at radius 2 is 1.84 bits per heavy atom. The van der Waals surface area contributed by atoms with Gasteiger partial charge in [0.1, 0.15) is 0 Å². The summed E-state index contributed by atoms with van der Waals surface area (Å²) in [5, 5.41) is 8.75. The van der Waals surface area contributed by atoms with Crippen LogP contribution >= 0.6 is 0 Å². The number of nitrogens with zero attached hydrogens (tertiary/aromatic N) is 1. The van der Waals surface area contributed by atoms with E-state index in [1.54, 1.807) is 0 Å². The molecule has 3 nitrogen and oxygen atoms in total. The van der Waals surface area contributed by atoms with Crippen molar-refractivity contribution >= 4 is 5.97 Å². The SMILES string of the molecule is CCCC1CCC(N2CCC(CCC(=O)O)C2)CC1. The van der Waals surface area contributed by atoms with E-state index in [-0.39, 0.29) is 0 Å². The van der Waals surface area contributed by atoms with Gasteiger partial charge in [0.15, 0.2) is 0 Å². The summed E-state index contributed by atoms with van der Waals surface area (Å²) >= 11 is 0. The first-order valence-electron chi connectivity index (χ1n) is 8.15. The average Bonchev–Trinajstić information content (AvgIpc) is 2.86. The minimum absolute atomic E-state index is 0.349. The Bertz CT molecular complexity index is 284. The van der Waals surface area contributed by atoms with Gasteiger partial charge in [0.2, 0.25) is 0 Å². The van der Waals surface area contributed by atoms with Crippen molar-refractivity contribution in [1.29, 1.82) is 0 Å². The van der Waals surface area contributed by atoms with Crippen molar-refractivity contribution in [3.63, 3.8) is 0 Å². The lowest BCUT2D eigenvalue weighted by Crippen LogP contribution is -2.36. The molecule has 0 spiro atoms. The second kappa shape index (κ2) is 7.28. The molecule has 0 aromatic rings. The summed E-state index contributed by atoms with van der Waals surface area (Å²) in [6.07, 6.45) is 10.7. The van der Waals surface area contributed by atoms with Gasteiger partial charge in [0, 0.05) is 19.0 Å². The van der Waals surface area contributed by atoms with Crippen molar-refractivity contribution in [3.8, 4) is 0 Å². The quantitative estimate of drug-likeness (QED) is 0.800. The molecule has 2 aliphatic rings. The highest BCUT2D eigenvalue weighted by molar-refractivity contribution is 5.66. The van der Waals surface area contributed by atoms with Gasteiger partial charge in [-0.25, -0.2) is 0 Å². The third-order valence-electron chi connectivity index (χ3n) is 5.11. The highest BCUT2D eigenvalue weighted by atomic mass is 16.4. The Morgan fingerprint density at radius 3 is 2.47 bits per heavy atom. The van der Waals surface area contributed by atoms with Gasteiger partial charge in [-0.05, 0) is 56.9 Å². The normalized spacial score (nSPS) is 32.6. The van der Waals surface area contributed by atoms with Crippen LogP contribution in [-0.2, 0) is 4.79 Å². The zero-order valence-electron chi connectivity index (χ0n) is 12.3. The van der Waals surface area contributed by atoms with Crippen LogP contribution in [0.15, 0.2) is 0 Å². The fraction of sp³-hybridized carbons (Fsp3) is 0.938. The van der Waals surface area contributed by atoms with Crippen LogP contribution in [0.2, 0.25) is 0 Å². The van der Waals surface area contributed by atoms with E-state index in [1.807, 2.05) is 0 Å². The second-order valence-corrected chi connectivity index (χ2v) is 6.55. The summed E-state index contributed by atoms with van der Waals surface area (Å²) in [6, 6.07) is 0.794. The van der Waals surface area contributed by atoms with Gasteiger partial charge >= 0.3 is 5.97 Å².